The Labute approximate surface area is 187 Å². The van der Waals surface area contributed by atoms with Crippen molar-refractivity contribution in [1.82, 2.24) is 4.98 Å². The van der Waals surface area contributed by atoms with Crippen molar-refractivity contribution in [2.45, 2.75) is 5.92 Å². The van der Waals surface area contributed by atoms with E-state index in [-0.39, 0.29) is 5.91 Å². The molecule has 4 aromatic rings. The summed E-state index contributed by atoms with van der Waals surface area (Å²) in [4.78, 5) is 32.8. The molecule has 0 saturated carbocycles. The molecule has 0 spiro atoms. The summed E-state index contributed by atoms with van der Waals surface area (Å²) in [6.07, 6.45) is 1.67. The first-order chi connectivity index (χ1) is 15.6. The normalized spacial score (nSPS) is 15.0. The van der Waals surface area contributed by atoms with Gasteiger partial charge in [-0.05, 0) is 60.7 Å². The fourth-order valence-electron chi connectivity index (χ4n) is 3.52. The molecular weight excluding hydrogens is 426 g/mol. The summed E-state index contributed by atoms with van der Waals surface area (Å²) in [5.74, 6) is 0.276. The highest BCUT2D eigenvalue weighted by atomic mass is 32.1. The Hall–Kier alpha value is -4.04. The number of esters is 1. The van der Waals surface area contributed by atoms with Gasteiger partial charge < -0.3 is 14.8 Å². The van der Waals surface area contributed by atoms with Crippen LogP contribution in [0.4, 0.5) is 11.4 Å². The molecule has 1 atom stereocenters. The monoisotopic (exact) mass is 443 g/mol. The lowest BCUT2D eigenvalue weighted by molar-refractivity contribution is -0.115. The largest absolute Gasteiger partial charge is 0.465 e. The fourth-order valence-corrected chi connectivity index (χ4v) is 4.40. The molecule has 32 heavy (non-hydrogen) atoms. The Morgan fingerprint density at radius 1 is 1.06 bits per heavy atom. The highest BCUT2D eigenvalue weighted by Crippen LogP contribution is 2.39. The number of carbonyl (C=O) groups excluding carboxylic acids is 2. The van der Waals surface area contributed by atoms with E-state index in [1.807, 2.05) is 24.3 Å². The van der Waals surface area contributed by atoms with E-state index >= 15 is 0 Å². The summed E-state index contributed by atoms with van der Waals surface area (Å²) in [7, 11) is 1.34. The fraction of sp³-hybridized carbons (Fsp3) is 0.0833. The number of carbonyl (C=O) groups is 2. The number of ether oxygens (including phenoxy) is 2. The highest BCUT2D eigenvalue weighted by Gasteiger charge is 2.31. The smallest absolute Gasteiger partial charge is 0.337 e. The van der Waals surface area contributed by atoms with Crippen molar-refractivity contribution in [2.75, 3.05) is 12.4 Å². The average Bonchev–Trinajstić information content (AvgIpc) is 3.42. The van der Waals surface area contributed by atoms with Crippen molar-refractivity contribution < 1.29 is 19.1 Å². The molecule has 7 nitrogen and oxygen atoms in total. The minimum atomic E-state index is -0.460. The summed E-state index contributed by atoms with van der Waals surface area (Å²) in [5.41, 5.74) is 5.56. The predicted molar refractivity (Wildman–Crippen MR) is 123 cm³/mol. The predicted octanol–water partition coefficient (Wildman–Crippen LogP) is 5.31. The number of rotatable bonds is 5. The van der Waals surface area contributed by atoms with Crippen molar-refractivity contribution in [3.05, 3.63) is 77.3 Å². The Morgan fingerprint density at radius 3 is 2.50 bits per heavy atom. The maximum absolute atomic E-state index is 12.5. The number of hydrogen-bond acceptors (Lipinski definition) is 7. The SMILES string of the molecule is COC(=O)c1ccc(Oc2ccc(N=CC3C(=O)Nc4ccc5ncsc5c43)cc2)cc1. The highest BCUT2D eigenvalue weighted by molar-refractivity contribution is 7.17. The first kappa shape index (κ1) is 19.9. The lowest BCUT2D eigenvalue weighted by Crippen LogP contribution is -2.12. The molecule has 8 heteroatoms. The molecule has 0 fully saturated rings. The van der Waals surface area contributed by atoms with Gasteiger partial charge in [-0.2, -0.15) is 0 Å². The van der Waals surface area contributed by atoms with E-state index in [1.165, 1.54) is 18.4 Å². The molecule has 1 amide bonds. The van der Waals surface area contributed by atoms with Gasteiger partial charge in [-0.25, -0.2) is 9.78 Å². The molecule has 0 bridgehead atoms. The Bertz CT molecular complexity index is 1340. The number of benzene rings is 3. The van der Waals surface area contributed by atoms with Crippen LogP contribution in [0.1, 0.15) is 21.8 Å². The van der Waals surface area contributed by atoms with Crippen LogP contribution < -0.4 is 10.1 Å². The molecule has 1 aliphatic heterocycles. The van der Waals surface area contributed by atoms with E-state index in [0.717, 1.165) is 21.5 Å². The van der Waals surface area contributed by atoms with E-state index in [1.54, 1.807) is 48.1 Å². The minimum absolute atomic E-state index is 0.0972. The molecular formula is C24H17N3O4S. The molecule has 1 unspecified atom stereocenters. The van der Waals surface area contributed by atoms with Gasteiger partial charge in [0.2, 0.25) is 5.91 Å². The van der Waals surface area contributed by atoms with Crippen LogP contribution in [0.2, 0.25) is 0 Å². The van der Waals surface area contributed by atoms with Crippen molar-refractivity contribution in [1.29, 1.82) is 0 Å². The van der Waals surface area contributed by atoms with Gasteiger partial charge in [0, 0.05) is 17.5 Å². The van der Waals surface area contributed by atoms with Crippen molar-refractivity contribution in [2.24, 2.45) is 4.99 Å². The van der Waals surface area contributed by atoms with Crippen LogP contribution in [0.5, 0.6) is 11.5 Å². The van der Waals surface area contributed by atoms with Gasteiger partial charge in [-0.15, -0.1) is 11.3 Å². The Kier molecular flexibility index (Phi) is 5.12. The van der Waals surface area contributed by atoms with Gasteiger partial charge >= 0.3 is 5.97 Å². The van der Waals surface area contributed by atoms with Crippen LogP contribution in [0.15, 0.2) is 71.2 Å². The van der Waals surface area contributed by atoms with Crippen molar-refractivity contribution in [3.63, 3.8) is 0 Å². The van der Waals surface area contributed by atoms with E-state index in [2.05, 4.69) is 20.0 Å². The topological polar surface area (TPSA) is 89.9 Å². The number of methoxy groups -OCH3 is 1. The quantitative estimate of drug-likeness (QED) is 0.333. The zero-order valence-corrected chi connectivity index (χ0v) is 17.8. The number of hydrogen-bond donors (Lipinski definition) is 1. The molecule has 1 N–H and O–H groups in total. The zero-order valence-electron chi connectivity index (χ0n) is 16.9. The Morgan fingerprint density at radius 2 is 1.78 bits per heavy atom. The summed E-state index contributed by atoms with van der Waals surface area (Å²) in [6.45, 7) is 0. The molecule has 0 saturated heterocycles. The Balaban J connectivity index is 1.31. The molecule has 158 valence electrons. The average molecular weight is 443 g/mol. The van der Waals surface area contributed by atoms with Gasteiger partial charge in [0.25, 0.3) is 0 Å². The van der Waals surface area contributed by atoms with Gasteiger partial charge in [-0.3, -0.25) is 9.79 Å². The second-order valence-electron chi connectivity index (χ2n) is 7.08. The summed E-state index contributed by atoms with van der Waals surface area (Å²) in [6, 6.07) is 17.7. The van der Waals surface area contributed by atoms with Gasteiger partial charge in [0.1, 0.15) is 17.4 Å². The third-order valence-corrected chi connectivity index (χ3v) is 5.99. The van der Waals surface area contributed by atoms with Gasteiger partial charge in [0.05, 0.1) is 34.1 Å². The number of nitrogens with one attached hydrogen (secondary N) is 1. The van der Waals surface area contributed by atoms with Crippen LogP contribution in [0, 0.1) is 0 Å². The lowest BCUT2D eigenvalue weighted by Gasteiger charge is -2.07. The van der Waals surface area contributed by atoms with E-state index in [4.69, 9.17) is 4.74 Å². The van der Waals surface area contributed by atoms with Gasteiger partial charge in [0.15, 0.2) is 0 Å². The number of aliphatic imine (C=N–C) groups is 1. The number of amides is 1. The van der Waals surface area contributed by atoms with E-state index in [0.29, 0.717) is 22.7 Å². The molecule has 1 aromatic heterocycles. The standard InChI is InChI=1S/C24H17N3O4S/c1-30-24(29)14-2-6-16(7-3-14)31-17-8-4-15(5-9-17)25-12-18-21-19(27-23(18)28)10-11-20-22(21)32-13-26-20/h2-13,18H,1H3,(H,27,28). The zero-order chi connectivity index (χ0) is 22.1. The van der Waals surface area contributed by atoms with Crippen molar-refractivity contribution >= 4 is 51.0 Å². The second kappa shape index (κ2) is 8.24. The minimum Gasteiger partial charge on any atom is -0.465 e. The number of aromatic nitrogens is 1. The summed E-state index contributed by atoms with van der Waals surface area (Å²) in [5, 5.41) is 2.92. The number of fused-ring (bicyclic) bond motifs is 3. The molecule has 0 aliphatic carbocycles. The first-order valence-corrected chi connectivity index (χ1v) is 10.7. The summed E-state index contributed by atoms with van der Waals surface area (Å²) >= 11 is 1.52. The number of nitrogens with zero attached hydrogens (tertiary/aromatic N) is 2. The third kappa shape index (κ3) is 3.72. The molecule has 0 radical (unpaired) electrons. The molecule has 1 aliphatic rings. The summed E-state index contributed by atoms with van der Waals surface area (Å²) < 4.78 is 11.5. The van der Waals surface area contributed by atoms with Crippen molar-refractivity contribution in [3.8, 4) is 11.5 Å². The van der Waals surface area contributed by atoms with Crippen LogP contribution in [0.25, 0.3) is 10.2 Å². The number of anilines is 1. The van der Waals surface area contributed by atoms with Crippen LogP contribution in [-0.4, -0.2) is 30.2 Å². The number of thiazole rings is 1. The maximum Gasteiger partial charge on any atom is 0.337 e. The molecule has 3 aromatic carbocycles. The van der Waals surface area contributed by atoms with Gasteiger partial charge in [-0.1, -0.05) is 0 Å². The molecule has 5 rings (SSSR count). The van der Waals surface area contributed by atoms with Crippen LogP contribution in [0.3, 0.4) is 0 Å². The maximum atomic E-state index is 12.5. The third-order valence-electron chi connectivity index (χ3n) is 5.11. The van der Waals surface area contributed by atoms with Crippen LogP contribution >= 0.6 is 11.3 Å². The lowest BCUT2D eigenvalue weighted by atomic mass is 10.0. The van der Waals surface area contributed by atoms with Crippen LogP contribution in [-0.2, 0) is 9.53 Å². The van der Waals surface area contributed by atoms with E-state index < -0.39 is 11.9 Å². The molecule has 2 heterocycles. The van der Waals surface area contributed by atoms with E-state index in [9.17, 15) is 9.59 Å². The second-order valence-corrected chi connectivity index (χ2v) is 7.94. The first-order valence-electron chi connectivity index (χ1n) is 9.80.